The van der Waals surface area contributed by atoms with Crippen LogP contribution < -0.4 is 10.6 Å². The van der Waals surface area contributed by atoms with Crippen molar-refractivity contribution in [3.8, 4) is 0 Å². The van der Waals surface area contributed by atoms with E-state index in [4.69, 9.17) is 5.73 Å². The van der Waals surface area contributed by atoms with Gasteiger partial charge in [0, 0.05) is 17.5 Å². The first-order valence-corrected chi connectivity index (χ1v) is 8.16. The van der Waals surface area contributed by atoms with Crippen LogP contribution in [0.15, 0.2) is 78.9 Å². The average Bonchev–Trinajstić information content (AvgIpc) is 2.85. The minimum absolute atomic E-state index is 0.244. The second-order valence-electron chi connectivity index (χ2n) is 6.22. The van der Waals surface area contributed by atoms with Crippen LogP contribution in [-0.4, -0.2) is 11.0 Å². The van der Waals surface area contributed by atoms with Crippen molar-refractivity contribution in [2.45, 2.75) is 12.1 Å². The maximum Gasteiger partial charge on any atom is 0.261 e. The molecule has 0 aliphatic carbocycles. The standard InChI is InChI=1S/C21H18N2O2/c22-18-12-6-7-13-19(18)23-20(24)16-10-4-5-11-17(16)21(23,25)14-15-8-2-1-3-9-15/h1-13,25H,14,22H2. The molecule has 4 heteroatoms. The van der Waals surface area contributed by atoms with Crippen molar-refractivity contribution in [3.63, 3.8) is 0 Å². The predicted octanol–water partition coefficient (Wildman–Crippen LogP) is 3.32. The third-order valence-corrected chi connectivity index (χ3v) is 4.63. The molecular formula is C21H18N2O2. The van der Waals surface area contributed by atoms with Crippen LogP contribution in [0.3, 0.4) is 0 Å². The van der Waals surface area contributed by atoms with Crippen LogP contribution in [0.2, 0.25) is 0 Å². The number of nitrogens with two attached hydrogens (primary N) is 1. The summed E-state index contributed by atoms with van der Waals surface area (Å²) in [4.78, 5) is 14.5. The van der Waals surface area contributed by atoms with Crippen LogP contribution in [0.25, 0.3) is 0 Å². The summed E-state index contributed by atoms with van der Waals surface area (Å²) in [6.07, 6.45) is 0.283. The summed E-state index contributed by atoms with van der Waals surface area (Å²) < 4.78 is 0. The Morgan fingerprint density at radius 3 is 2.28 bits per heavy atom. The first kappa shape index (κ1) is 15.4. The van der Waals surface area contributed by atoms with Gasteiger partial charge in [-0.3, -0.25) is 9.69 Å². The van der Waals surface area contributed by atoms with E-state index >= 15 is 0 Å². The third kappa shape index (κ3) is 2.39. The van der Waals surface area contributed by atoms with E-state index in [-0.39, 0.29) is 12.3 Å². The summed E-state index contributed by atoms with van der Waals surface area (Å²) in [5.74, 6) is -0.244. The molecule has 0 bridgehead atoms. The van der Waals surface area contributed by atoms with Crippen LogP contribution in [0.1, 0.15) is 21.5 Å². The Bertz CT molecular complexity index is 939. The van der Waals surface area contributed by atoms with E-state index in [9.17, 15) is 9.90 Å². The van der Waals surface area contributed by atoms with E-state index in [1.54, 1.807) is 30.3 Å². The lowest BCUT2D eigenvalue weighted by molar-refractivity contribution is 0.0396. The topological polar surface area (TPSA) is 66.6 Å². The SMILES string of the molecule is Nc1ccccc1N1C(=O)c2ccccc2C1(O)Cc1ccccc1. The van der Waals surface area contributed by atoms with Gasteiger partial charge in [-0.1, -0.05) is 60.7 Å². The van der Waals surface area contributed by atoms with Gasteiger partial charge in [0.15, 0.2) is 5.72 Å². The molecule has 0 spiro atoms. The van der Waals surface area contributed by atoms with Gasteiger partial charge in [-0.25, -0.2) is 0 Å². The number of hydrogen-bond acceptors (Lipinski definition) is 3. The highest BCUT2D eigenvalue weighted by molar-refractivity contribution is 6.13. The number of rotatable bonds is 3. The molecule has 3 aromatic carbocycles. The molecule has 1 heterocycles. The lowest BCUT2D eigenvalue weighted by Gasteiger charge is -2.35. The first-order valence-electron chi connectivity index (χ1n) is 8.16. The molecule has 0 aromatic heterocycles. The second-order valence-corrected chi connectivity index (χ2v) is 6.22. The number of aliphatic hydroxyl groups is 1. The van der Waals surface area contributed by atoms with Gasteiger partial charge in [0.1, 0.15) is 0 Å². The summed E-state index contributed by atoms with van der Waals surface area (Å²) in [5.41, 5.74) is 7.64. The van der Waals surface area contributed by atoms with E-state index in [2.05, 4.69) is 0 Å². The zero-order chi connectivity index (χ0) is 17.4. The van der Waals surface area contributed by atoms with Crippen molar-refractivity contribution < 1.29 is 9.90 Å². The molecule has 124 valence electrons. The quantitative estimate of drug-likeness (QED) is 0.724. The monoisotopic (exact) mass is 330 g/mol. The Balaban J connectivity index is 1.90. The van der Waals surface area contributed by atoms with E-state index < -0.39 is 5.72 Å². The molecule has 0 saturated carbocycles. The molecule has 25 heavy (non-hydrogen) atoms. The fourth-order valence-corrected chi connectivity index (χ4v) is 3.48. The molecule has 1 aliphatic rings. The molecule has 1 amide bonds. The Kier molecular flexibility index (Phi) is 3.55. The van der Waals surface area contributed by atoms with Crippen molar-refractivity contribution in [1.82, 2.24) is 0 Å². The van der Waals surface area contributed by atoms with E-state index in [1.807, 2.05) is 48.5 Å². The van der Waals surface area contributed by atoms with Gasteiger partial charge in [0.25, 0.3) is 5.91 Å². The number of anilines is 2. The van der Waals surface area contributed by atoms with Crippen molar-refractivity contribution >= 4 is 17.3 Å². The van der Waals surface area contributed by atoms with E-state index in [0.29, 0.717) is 22.5 Å². The highest BCUT2D eigenvalue weighted by Crippen LogP contribution is 2.44. The van der Waals surface area contributed by atoms with Crippen LogP contribution in [-0.2, 0) is 12.1 Å². The van der Waals surface area contributed by atoms with Crippen molar-refractivity contribution in [2.24, 2.45) is 0 Å². The van der Waals surface area contributed by atoms with Crippen molar-refractivity contribution in [3.05, 3.63) is 95.6 Å². The summed E-state index contributed by atoms with van der Waals surface area (Å²) in [6.45, 7) is 0. The number of benzene rings is 3. The molecule has 0 fully saturated rings. The van der Waals surface area contributed by atoms with Gasteiger partial charge in [-0.05, 0) is 23.8 Å². The van der Waals surface area contributed by atoms with Crippen LogP contribution in [0.4, 0.5) is 11.4 Å². The largest absolute Gasteiger partial charge is 0.397 e. The predicted molar refractivity (Wildman–Crippen MR) is 98.1 cm³/mol. The van der Waals surface area contributed by atoms with Crippen LogP contribution >= 0.6 is 0 Å². The normalized spacial score (nSPS) is 19.1. The molecule has 0 saturated heterocycles. The van der Waals surface area contributed by atoms with Crippen LogP contribution in [0.5, 0.6) is 0 Å². The highest BCUT2D eigenvalue weighted by atomic mass is 16.3. The second kappa shape index (κ2) is 5.76. The first-order chi connectivity index (χ1) is 12.1. The number of para-hydroxylation sites is 2. The number of carbonyl (C=O) groups is 1. The molecular weight excluding hydrogens is 312 g/mol. The molecule has 0 radical (unpaired) electrons. The summed E-state index contributed by atoms with van der Waals surface area (Å²) in [5, 5.41) is 11.7. The van der Waals surface area contributed by atoms with Gasteiger partial charge in [0.2, 0.25) is 0 Å². The zero-order valence-corrected chi connectivity index (χ0v) is 13.6. The number of nitrogens with zero attached hydrogens (tertiary/aromatic N) is 1. The fourth-order valence-electron chi connectivity index (χ4n) is 3.48. The lowest BCUT2D eigenvalue weighted by atomic mass is 9.94. The number of amides is 1. The van der Waals surface area contributed by atoms with Crippen LogP contribution in [0, 0.1) is 0 Å². The minimum Gasteiger partial charge on any atom is -0.397 e. The van der Waals surface area contributed by atoms with Crippen molar-refractivity contribution in [1.29, 1.82) is 0 Å². The molecule has 1 atom stereocenters. The molecule has 1 unspecified atom stereocenters. The average molecular weight is 330 g/mol. The maximum atomic E-state index is 13.1. The Morgan fingerprint density at radius 1 is 0.880 bits per heavy atom. The molecule has 4 rings (SSSR count). The third-order valence-electron chi connectivity index (χ3n) is 4.63. The Morgan fingerprint density at radius 2 is 1.52 bits per heavy atom. The minimum atomic E-state index is -1.48. The Labute approximate surface area is 146 Å². The van der Waals surface area contributed by atoms with Gasteiger partial charge in [0.05, 0.1) is 11.4 Å². The van der Waals surface area contributed by atoms with E-state index in [1.165, 1.54) is 4.90 Å². The fraction of sp³-hybridized carbons (Fsp3) is 0.0952. The van der Waals surface area contributed by atoms with Gasteiger partial charge in [-0.15, -0.1) is 0 Å². The molecule has 3 aromatic rings. The molecule has 3 N–H and O–H groups in total. The zero-order valence-electron chi connectivity index (χ0n) is 13.6. The lowest BCUT2D eigenvalue weighted by Crippen LogP contribution is -2.46. The highest BCUT2D eigenvalue weighted by Gasteiger charge is 2.49. The van der Waals surface area contributed by atoms with E-state index in [0.717, 1.165) is 5.56 Å². The number of fused-ring (bicyclic) bond motifs is 1. The van der Waals surface area contributed by atoms with Gasteiger partial charge < -0.3 is 10.8 Å². The maximum absolute atomic E-state index is 13.1. The summed E-state index contributed by atoms with van der Waals surface area (Å²) >= 11 is 0. The number of nitrogen functional groups attached to an aromatic ring is 1. The number of hydrogen-bond donors (Lipinski definition) is 2. The summed E-state index contributed by atoms with van der Waals surface area (Å²) in [7, 11) is 0. The summed E-state index contributed by atoms with van der Waals surface area (Å²) in [6, 6.07) is 23.9. The van der Waals surface area contributed by atoms with Crippen molar-refractivity contribution in [2.75, 3.05) is 10.6 Å². The van der Waals surface area contributed by atoms with Gasteiger partial charge >= 0.3 is 0 Å². The molecule has 1 aliphatic heterocycles. The number of carbonyl (C=O) groups excluding carboxylic acids is 1. The smallest absolute Gasteiger partial charge is 0.261 e. The Hall–Kier alpha value is -3.11. The van der Waals surface area contributed by atoms with Gasteiger partial charge in [-0.2, -0.15) is 0 Å². The molecule has 4 nitrogen and oxygen atoms in total.